The first-order valence-electron chi connectivity index (χ1n) is 8.22. The van der Waals surface area contributed by atoms with E-state index >= 15 is 0 Å². The van der Waals surface area contributed by atoms with E-state index in [-0.39, 0.29) is 5.91 Å². The summed E-state index contributed by atoms with van der Waals surface area (Å²) in [5.41, 5.74) is 1.57. The number of anilines is 1. The largest absolute Gasteiger partial charge is 0.497 e. The number of carbonyl (C=O) groups excluding carboxylic acids is 1. The van der Waals surface area contributed by atoms with E-state index in [0.29, 0.717) is 18.7 Å². The van der Waals surface area contributed by atoms with Crippen molar-refractivity contribution in [2.75, 3.05) is 38.2 Å². The van der Waals surface area contributed by atoms with E-state index < -0.39 is 0 Å². The molecule has 25 heavy (non-hydrogen) atoms. The normalized spacial score (nSPS) is 14.8. The standard InChI is InChI=1S/C18H19N5O2/c1-25-13-5-6-19-17(11-13)22-7-9-23(10-8-22)18(24)14-3-2-4-16-15(14)12-20-21-16/h2-6,11-12H,7-10H2,1H3,(H,20,21). The van der Waals surface area contributed by atoms with Crippen LogP contribution in [0.2, 0.25) is 0 Å². The average Bonchev–Trinajstić information content (AvgIpc) is 3.16. The van der Waals surface area contributed by atoms with Crippen molar-refractivity contribution in [3.8, 4) is 5.75 Å². The van der Waals surface area contributed by atoms with Crippen molar-refractivity contribution in [3.05, 3.63) is 48.3 Å². The summed E-state index contributed by atoms with van der Waals surface area (Å²) in [6.45, 7) is 2.80. The van der Waals surface area contributed by atoms with Crippen molar-refractivity contribution in [2.45, 2.75) is 0 Å². The number of hydrogen-bond donors (Lipinski definition) is 1. The van der Waals surface area contributed by atoms with Crippen LogP contribution in [0.25, 0.3) is 10.9 Å². The predicted molar refractivity (Wildman–Crippen MR) is 95.0 cm³/mol. The molecule has 1 fully saturated rings. The van der Waals surface area contributed by atoms with Gasteiger partial charge in [0.25, 0.3) is 5.91 Å². The second-order valence-electron chi connectivity index (χ2n) is 5.97. The van der Waals surface area contributed by atoms with Gasteiger partial charge in [-0.3, -0.25) is 9.89 Å². The quantitative estimate of drug-likeness (QED) is 0.790. The number of nitrogens with zero attached hydrogens (tertiary/aromatic N) is 4. The molecule has 0 saturated carbocycles. The first-order chi connectivity index (χ1) is 12.3. The molecule has 1 N–H and O–H groups in total. The molecule has 1 aliphatic heterocycles. The van der Waals surface area contributed by atoms with Crippen LogP contribution in [-0.2, 0) is 0 Å². The summed E-state index contributed by atoms with van der Waals surface area (Å²) in [7, 11) is 1.65. The third-order valence-corrected chi connectivity index (χ3v) is 4.56. The third-order valence-electron chi connectivity index (χ3n) is 4.56. The molecule has 3 heterocycles. The number of hydrogen-bond acceptors (Lipinski definition) is 5. The highest BCUT2D eigenvalue weighted by molar-refractivity contribution is 6.06. The van der Waals surface area contributed by atoms with Crippen LogP contribution in [0.1, 0.15) is 10.4 Å². The maximum atomic E-state index is 12.9. The Balaban J connectivity index is 1.48. The molecule has 128 valence electrons. The van der Waals surface area contributed by atoms with Gasteiger partial charge in [-0.15, -0.1) is 0 Å². The van der Waals surface area contributed by atoms with Gasteiger partial charge in [-0.1, -0.05) is 6.07 Å². The van der Waals surface area contributed by atoms with Crippen LogP contribution in [0.3, 0.4) is 0 Å². The second-order valence-corrected chi connectivity index (χ2v) is 5.97. The Labute approximate surface area is 145 Å². The summed E-state index contributed by atoms with van der Waals surface area (Å²) in [6.07, 6.45) is 3.45. The monoisotopic (exact) mass is 337 g/mol. The van der Waals surface area contributed by atoms with E-state index in [1.807, 2.05) is 35.2 Å². The number of amides is 1. The minimum atomic E-state index is 0.0465. The molecule has 3 aromatic rings. The highest BCUT2D eigenvalue weighted by Gasteiger charge is 2.24. The van der Waals surface area contributed by atoms with Crippen LogP contribution < -0.4 is 9.64 Å². The summed E-state index contributed by atoms with van der Waals surface area (Å²) < 4.78 is 5.26. The molecule has 0 atom stereocenters. The van der Waals surface area contributed by atoms with Gasteiger partial charge in [0.2, 0.25) is 0 Å². The summed E-state index contributed by atoms with van der Waals surface area (Å²) in [5.74, 6) is 1.71. The number of piperazine rings is 1. The molecule has 4 rings (SSSR count). The van der Waals surface area contributed by atoms with E-state index in [4.69, 9.17) is 4.74 Å². The molecule has 1 aliphatic rings. The van der Waals surface area contributed by atoms with Crippen molar-refractivity contribution in [1.29, 1.82) is 0 Å². The van der Waals surface area contributed by atoms with Gasteiger partial charge in [-0.25, -0.2) is 4.98 Å². The fraction of sp³-hybridized carbons (Fsp3) is 0.278. The molecule has 7 heteroatoms. The Hall–Kier alpha value is -3.09. The maximum absolute atomic E-state index is 12.9. The zero-order valence-electron chi connectivity index (χ0n) is 14.0. The molecule has 0 spiro atoms. The Morgan fingerprint density at radius 2 is 2.04 bits per heavy atom. The van der Waals surface area contributed by atoms with Crippen LogP contribution in [0, 0.1) is 0 Å². The summed E-state index contributed by atoms with van der Waals surface area (Å²) in [4.78, 5) is 21.3. The number of ether oxygens (including phenoxy) is 1. The Bertz CT molecular complexity index is 899. The van der Waals surface area contributed by atoms with Crippen molar-refractivity contribution in [1.82, 2.24) is 20.1 Å². The highest BCUT2D eigenvalue weighted by atomic mass is 16.5. The molecule has 0 unspecified atom stereocenters. The van der Waals surface area contributed by atoms with Crippen LogP contribution in [0.5, 0.6) is 5.75 Å². The smallest absolute Gasteiger partial charge is 0.254 e. The highest BCUT2D eigenvalue weighted by Crippen LogP contribution is 2.22. The number of fused-ring (bicyclic) bond motifs is 1. The van der Waals surface area contributed by atoms with Gasteiger partial charge in [-0.05, 0) is 18.2 Å². The zero-order chi connectivity index (χ0) is 17.2. The van der Waals surface area contributed by atoms with Crippen molar-refractivity contribution >= 4 is 22.6 Å². The first kappa shape index (κ1) is 15.4. The van der Waals surface area contributed by atoms with Crippen LogP contribution in [-0.4, -0.2) is 59.3 Å². The molecule has 7 nitrogen and oxygen atoms in total. The summed E-state index contributed by atoms with van der Waals surface area (Å²) in [5, 5.41) is 7.81. The number of aromatic nitrogens is 3. The van der Waals surface area contributed by atoms with Gasteiger partial charge in [0.15, 0.2) is 0 Å². The second kappa shape index (κ2) is 6.43. The lowest BCUT2D eigenvalue weighted by Crippen LogP contribution is -2.49. The van der Waals surface area contributed by atoms with Crippen molar-refractivity contribution in [3.63, 3.8) is 0 Å². The van der Waals surface area contributed by atoms with E-state index in [1.54, 1.807) is 19.5 Å². The number of H-pyrrole nitrogens is 1. The Morgan fingerprint density at radius 1 is 1.20 bits per heavy atom. The lowest BCUT2D eigenvalue weighted by atomic mass is 10.1. The Kier molecular flexibility index (Phi) is 3.97. The fourth-order valence-electron chi connectivity index (χ4n) is 3.16. The summed E-state index contributed by atoms with van der Waals surface area (Å²) >= 11 is 0. The minimum absolute atomic E-state index is 0.0465. The third kappa shape index (κ3) is 2.88. The van der Waals surface area contributed by atoms with Crippen molar-refractivity contribution < 1.29 is 9.53 Å². The number of nitrogens with one attached hydrogen (secondary N) is 1. The average molecular weight is 337 g/mol. The van der Waals surface area contributed by atoms with E-state index in [0.717, 1.165) is 35.6 Å². The number of rotatable bonds is 3. The van der Waals surface area contributed by atoms with Crippen molar-refractivity contribution in [2.24, 2.45) is 0 Å². The lowest BCUT2D eigenvalue weighted by Gasteiger charge is -2.35. The van der Waals surface area contributed by atoms with Gasteiger partial charge < -0.3 is 14.5 Å². The SMILES string of the molecule is COc1ccnc(N2CCN(C(=O)c3cccc4[nH]ncc34)CC2)c1. The van der Waals surface area contributed by atoms with Gasteiger partial charge in [0, 0.05) is 43.8 Å². The zero-order valence-corrected chi connectivity index (χ0v) is 14.0. The van der Waals surface area contributed by atoms with E-state index in [2.05, 4.69) is 20.1 Å². The molecule has 1 amide bonds. The molecular formula is C18H19N5O2. The van der Waals surface area contributed by atoms with Gasteiger partial charge in [0.1, 0.15) is 11.6 Å². The number of pyridine rings is 1. The topological polar surface area (TPSA) is 74.3 Å². The number of methoxy groups -OCH3 is 1. The predicted octanol–water partition coefficient (Wildman–Crippen LogP) is 1.93. The van der Waals surface area contributed by atoms with Gasteiger partial charge >= 0.3 is 0 Å². The number of aromatic amines is 1. The molecule has 0 aliphatic carbocycles. The van der Waals surface area contributed by atoms with E-state index in [9.17, 15) is 4.79 Å². The maximum Gasteiger partial charge on any atom is 0.254 e. The molecule has 0 bridgehead atoms. The summed E-state index contributed by atoms with van der Waals surface area (Å²) in [6, 6.07) is 9.41. The molecular weight excluding hydrogens is 318 g/mol. The van der Waals surface area contributed by atoms with Crippen LogP contribution >= 0.6 is 0 Å². The number of carbonyl (C=O) groups is 1. The number of benzene rings is 1. The molecule has 0 radical (unpaired) electrons. The van der Waals surface area contributed by atoms with Gasteiger partial charge in [0.05, 0.1) is 24.4 Å². The van der Waals surface area contributed by atoms with E-state index in [1.165, 1.54) is 0 Å². The van der Waals surface area contributed by atoms with Crippen LogP contribution in [0.4, 0.5) is 5.82 Å². The minimum Gasteiger partial charge on any atom is -0.497 e. The lowest BCUT2D eigenvalue weighted by molar-refractivity contribution is 0.0748. The fourth-order valence-corrected chi connectivity index (χ4v) is 3.16. The Morgan fingerprint density at radius 3 is 2.84 bits per heavy atom. The molecule has 1 aromatic carbocycles. The molecule has 1 saturated heterocycles. The van der Waals surface area contributed by atoms with Gasteiger partial charge in [-0.2, -0.15) is 5.10 Å². The first-order valence-corrected chi connectivity index (χ1v) is 8.22. The molecule has 2 aromatic heterocycles. The van der Waals surface area contributed by atoms with Crippen LogP contribution in [0.15, 0.2) is 42.7 Å².